The van der Waals surface area contributed by atoms with Crippen LogP contribution in [-0.2, 0) is 17.9 Å². The first-order chi connectivity index (χ1) is 7.72. The molecule has 0 aromatic carbocycles. The fourth-order valence-electron chi connectivity index (χ4n) is 1.16. The van der Waals surface area contributed by atoms with E-state index in [1.54, 1.807) is 4.68 Å². The maximum absolute atomic E-state index is 5.47. The second kappa shape index (κ2) is 7.65. The molecule has 0 aliphatic carbocycles. The third-order valence-corrected chi connectivity index (χ3v) is 2.96. The quantitative estimate of drug-likeness (QED) is 0.688. The highest BCUT2D eigenvalue weighted by Crippen LogP contribution is 2.07. The molecular formula is C10H20N4OS. The second-order valence-electron chi connectivity index (χ2n) is 3.74. The highest BCUT2D eigenvalue weighted by atomic mass is 32.2. The molecule has 1 rings (SSSR count). The zero-order chi connectivity index (χ0) is 11.8. The smallest absolute Gasteiger partial charge is 0.141 e. The molecule has 1 heterocycles. The Balaban J connectivity index is 2.12. The van der Waals surface area contributed by atoms with Crippen LogP contribution in [0.15, 0.2) is 6.20 Å². The topological polar surface area (TPSA) is 66.0 Å². The summed E-state index contributed by atoms with van der Waals surface area (Å²) in [7, 11) is 0. The van der Waals surface area contributed by atoms with Gasteiger partial charge >= 0.3 is 0 Å². The lowest BCUT2D eigenvalue weighted by Gasteiger charge is -2.05. The van der Waals surface area contributed by atoms with Gasteiger partial charge in [-0.05, 0) is 11.8 Å². The van der Waals surface area contributed by atoms with Crippen molar-refractivity contribution in [1.82, 2.24) is 15.0 Å². The van der Waals surface area contributed by atoms with Gasteiger partial charge in [0.15, 0.2) is 0 Å². The molecule has 0 spiro atoms. The van der Waals surface area contributed by atoms with E-state index in [4.69, 9.17) is 10.5 Å². The maximum Gasteiger partial charge on any atom is 0.141 e. The van der Waals surface area contributed by atoms with Crippen molar-refractivity contribution < 1.29 is 4.74 Å². The van der Waals surface area contributed by atoms with Crippen LogP contribution >= 0.6 is 11.8 Å². The summed E-state index contributed by atoms with van der Waals surface area (Å²) < 4.78 is 7.17. The fourth-order valence-corrected chi connectivity index (χ4v) is 1.85. The molecule has 5 nitrogen and oxygen atoms in total. The van der Waals surface area contributed by atoms with Crippen LogP contribution in [0.4, 0.5) is 0 Å². The molecule has 2 N–H and O–H groups in total. The van der Waals surface area contributed by atoms with Gasteiger partial charge in [-0.15, -0.1) is 5.10 Å². The lowest BCUT2D eigenvalue weighted by atomic mass is 10.3. The Bertz CT molecular complexity index is 290. The van der Waals surface area contributed by atoms with Crippen molar-refractivity contribution in [3.63, 3.8) is 0 Å². The predicted octanol–water partition coefficient (Wildman–Crippen LogP) is 0.895. The lowest BCUT2D eigenvalue weighted by molar-refractivity contribution is 0.0797. The van der Waals surface area contributed by atoms with E-state index in [0.717, 1.165) is 24.5 Å². The van der Waals surface area contributed by atoms with Crippen LogP contribution in [0.3, 0.4) is 0 Å². The summed E-state index contributed by atoms with van der Waals surface area (Å²) in [4.78, 5) is 0. The van der Waals surface area contributed by atoms with Crippen molar-refractivity contribution in [2.75, 3.05) is 18.9 Å². The van der Waals surface area contributed by atoms with Crippen LogP contribution in [0.1, 0.15) is 19.5 Å². The van der Waals surface area contributed by atoms with Gasteiger partial charge in [-0.25, -0.2) is 4.68 Å². The maximum atomic E-state index is 5.47. The first kappa shape index (κ1) is 13.5. The largest absolute Gasteiger partial charge is 0.358 e. The Morgan fingerprint density at radius 2 is 2.38 bits per heavy atom. The molecule has 0 unspecified atom stereocenters. The minimum absolute atomic E-state index is 0.468. The van der Waals surface area contributed by atoms with Crippen molar-refractivity contribution in [3.05, 3.63) is 11.9 Å². The summed E-state index contributed by atoms with van der Waals surface area (Å²) in [6.45, 7) is 6.18. The van der Waals surface area contributed by atoms with Gasteiger partial charge in [0.1, 0.15) is 6.73 Å². The number of nitrogens with zero attached hydrogens (tertiary/aromatic N) is 3. The van der Waals surface area contributed by atoms with E-state index in [9.17, 15) is 0 Å². The number of rotatable bonds is 8. The van der Waals surface area contributed by atoms with E-state index in [-0.39, 0.29) is 0 Å². The zero-order valence-corrected chi connectivity index (χ0v) is 10.7. The molecule has 0 aliphatic rings. The molecule has 0 amide bonds. The molecule has 0 radical (unpaired) electrons. The standard InChI is InChI=1S/C10H20N4OS/c1-9(2)16-6-5-15-8-14-7-10(3-4-11)12-13-14/h7,9H,3-6,8,11H2,1-2H3. The number of thioether (sulfide) groups is 1. The van der Waals surface area contributed by atoms with Crippen LogP contribution in [0, 0.1) is 0 Å². The SMILES string of the molecule is CC(C)SCCOCn1cc(CCN)nn1. The molecule has 16 heavy (non-hydrogen) atoms. The van der Waals surface area contributed by atoms with Gasteiger partial charge in [-0.2, -0.15) is 11.8 Å². The van der Waals surface area contributed by atoms with Crippen LogP contribution in [0.2, 0.25) is 0 Å². The highest BCUT2D eigenvalue weighted by Gasteiger charge is 1.99. The minimum Gasteiger partial charge on any atom is -0.358 e. The van der Waals surface area contributed by atoms with Crippen LogP contribution in [-0.4, -0.2) is 39.1 Å². The molecule has 0 bridgehead atoms. The van der Waals surface area contributed by atoms with E-state index in [0.29, 0.717) is 18.5 Å². The zero-order valence-electron chi connectivity index (χ0n) is 9.93. The Labute approximate surface area is 101 Å². The van der Waals surface area contributed by atoms with Crippen LogP contribution in [0.25, 0.3) is 0 Å². The van der Waals surface area contributed by atoms with Gasteiger partial charge in [0.2, 0.25) is 0 Å². The van der Waals surface area contributed by atoms with Gasteiger partial charge in [0, 0.05) is 12.2 Å². The molecule has 0 fully saturated rings. The van der Waals surface area contributed by atoms with Gasteiger partial charge in [-0.1, -0.05) is 19.1 Å². The van der Waals surface area contributed by atoms with Crippen molar-refractivity contribution in [2.45, 2.75) is 32.2 Å². The van der Waals surface area contributed by atoms with Crippen molar-refractivity contribution >= 4 is 11.8 Å². The normalized spacial score (nSPS) is 11.2. The predicted molar refractivity (Wildman–Crippen MR) is 66.3 cm³/mol. The van der Waals surface area contributed by atoms with Crippen molar-refractivity contribution in [2.24, 2.45) is 5.73 Å². The molecule has 1 aromatic heterocycles. The lowest BCUT2D eigenvalue weighted by Crippen LogP contribution is -2.06. The number of hydrogen-bond donors (Lipinski definition) is 1. The van der Waals surface area contributed by atoms with Gasteiger partial charge < -0.3 is 10.5 Å². The molecule has 0 saturated carbocycles. The number of nitrogens with two attached hydrogens (primary N) is 1. The molecule has 0 aliphatic heterocycles. The Morgan fingerprint density at radius 3 is 3.06 bits per heavy atom. The van der Waals surface area contributed by atoms with E-state index in [1.165, 1.54) is 0 Å². The third kappa shape index (κ3) is 5.48. The van der Waals surface area contributed by atoms with Gasteiger partial charge in [0.05, 0.1) is 18.5 Å². The summed E-state index contributed by atoms with van der Waals surface area (Å²) in [5.74, 6) is 1.02. The molecule has 6 heteroatoms. The summed E-state index contributed by atoms with van der Waals surface area (Å²) >= 11 is 1.89. The Morgan fingerprint density at radius 1 is 1.56 bits per heavy atom. The summed E-state index contributed by atoms with van der Waals surface area (Å²) in [6.07, 6.45) is 2.64. The van der Waals surface area contributed by atoms with Crippen molar-refractivity contribution in [3.8, 4) is 0 Å². The molecule has 1 aromatic rings. The summed E-state index contributed by atoms with van der Waals surface area (Å²) in [5, 5.41) is 8.59. The monoisotopic (exact) mass is 244 g/mol. The van der Waals surface area contributed by atoms with E-state index in [1.807, 2.05) is 18.0 Å². The summed E-state index contributed by atoms with van der Waals surface area (Å²) in [6, 6.07) is 0. The van der Waals surface area contributed by atoms with Crippen molar-refractivity contribution in [1.29, 1.82) is 0 Å². The number of hydrogen-bond acceptors (Lipinski definition) is 5. The second-order valence-corrected chi connectivity index (χ2v) is 5.43. The summed E-state index contributed by atoms with van der Waals surface area (Å²) in [5.41, 5.74) is 6.35. The van der Waals surface area contributed by atoms with Crippen LogP contribution < -0.4 is 5.73 Å². The number of ether oxygens (including phenoxy) is 1. The van der Waals surface area contributed by atoms with E-state index >= 15 is 0 Å². The molecule has 0 atom stereocenters. The van der Waals surface area contributed by atoms with Crippen LogP contribution in [0.5, 0.6) is 0 Å². The van der Waals surface area contributed by atoms with E-state index < -0.39 is 0 Å². The average molecular weight is 244 g/mol. The molecule has 0 saturated heterocycles. The highest BCUT2D eigenvalue weighted by molar-refractivity contribution is 7.99. The fraction of sp³-hybridized carbons (Fsp3) is 0.800. The molecule has 92 valence electrons. The average Bonchev–Trinajstić information content (AvgIpc) is 2.65. The minimum atomic E-state index is 0.468. The third-order valence-electron chi connectivity index (χ3n) is 1.89. The van der Waals surface area contributed by atoms with Gasteiger partial charge in [-0.3, -0.25) is 0 Å². The van der Waals surface area contributed by atoms with Gasteiger partial charge in [0.25, 0.3) is 0 Å². The first-order valence-electron chi connectivity index (χ1n) is 5.50. The first-order valence-corrected chi connectivity index (χ1v) is 6.55. The number of aromatic nitrogens is 3. The van der Waals surface area contributed by atoms with E-state index in [2.05, 4.69) is 24.2 Å². The Hall–Kier alpha value is -0.590. The molecular weight excluding hydrogens is 224 g/mol. The Kier molecular flexibility index (Phi) is 6.44.